The molecule has 0 aromatic rings. The Balaban J connectivity index is 4.43. The summed E-state index contributed by atoms with van der Waals surface area (Å²) in [4.78, 5) is 38.2. The summed E-state index contributed by atoms with van der Waals surface area (Å²) in [6, 6.07) is 0. The van der Waals surface area contributed by atoms with E-state index in [1.54, 1.807) is 0 Å². The van der Waals surface area contributed by atoms with E-state index in [0.29, 0.717) is 19.3 Å². The first-order valence-corrected chi connectivity index (χ1v) is 30.0. The zero-order valence-electron chi connectivity index (χ0n) is 47.4. The number of unbranched alkanes of at least 4 members (excludes halogenated alkanes) is 22. The largest absolute Gasteiger partial charge is 0.462 e. The zero-order chi connectivity index (χ0) is 52.9. The number of hydrogen-bond acceptors (Lipinski definition) is 6. The Morgan fingerprint density at radius 1 is 0.288 bits per heavy atom. The van der Waals surface area contributed by atoms with Gasteiger partial charge < -0.3 is 14.2 Å². The summed E-state index contributed by atoms with van der Waals surface area (Å²) in [6.07, 6.45) is 83.3. The van der Waals surface area contributed by atoms with Crippen LogP contribution in [0.25, 0.3) is 0 Å². The minimum Gasteiger partial charge on any atom is -0.462 e. The van der Waals surface area contributed by atoms with Gasteiger partial charge in [-0.25, -0.2) is 0 Å². The van der Waals surface area contributed by atoms with Crippen LogP contribution in [0.1, 0.15) is 265 Å². The summed E-state index contributed by atoms with van der Waals surface area (Å²) in [5.41, 5.74) is 0. The summed E-state index contributed by atoms with van der Waals surface area (Å²) in [7, 11) is 0. The lowest BCUT2D eigenvalue weighted by atomic mass is 10.1. The van der Waals surface area contributed by atoms with Crippen molar-refractivity contribution in [3.63, 3.8) is 0 Å². The Kier molecular flexibility index (Phi) is 56.9. The summed E-state index contributed by atoms with van der Waals surface area (Å²) in [5.74, 6) is -0.947. The fraction of sp³-hybridized carbons (Fsp3) is 0.657. The molecule has 0 aliphatic rings. The SMILES string of the molecule is CC/C=C\C/C=C\C/C=C\C/C=C\C/C=C\C/C=C\CCCCCCC(=O)OCC(COC(=O)CCCCCCC/C=C\CCCC)OC(=O)CCCCCCCC/C=C\C/C=C\C/C=C\CCCCCCC. The maximum atomic E-state index is 12.9. The highest BCUT2D eigenvalue weighted by Crippen LogP contribution is 2.14. The Hall–Kier alpha value is -4.19. The van der Waals surface area contributed by atoms with Crippen LogP contribution >= 0.6 is 0 Å². The number of ether oxygens (including phenoxy) is 3. The van der Waals surface area contributed by atoms with Gasteiger partial charge >= 0.3 is 17.9 Å². The van der Waals surface area contributed by atoms with Crippen LogP contribution < -0.4 is 0 Å². The predicted octanol–water partition coefficient (Wildman–Crippen LogP) is 20.4. The Labute approximate surface area is 450 Å². The van der Waals surface area contributed by atoms with Crippen molar-refractivity contribution in [2.45, 2.75) is 271 Å². The minimum absolute atomic E-state index is 0.0990. The van der Waals surface area contributed by atoms with Gasteiger partial charge in [0.1, 0.15) is 13.2 Å². The van der Waals surface area contributed by atoms with Gasteiger partial charge in [0.2, 0.25) is 0 Å². The van der Waals surface area contributed by atoms with Crippen LogP contribution in [0.15, 0.2) is 122 Å². The molecule has 6 heteroatoms. The molecule has 0 spiro atoms. The van der Waals surface area contributed by atoms with Crippen LogP contribution in [0.3, 0.4) is 0 Å². The maximum absolute atomic E-state index is 12.9. The molecule has 0 saturated carbocycles. The van der Waals surface area contributed by atoms with Crippen molar-refractivity contribution in [3.8, 4) is 0 Å². The molecule has 0 amide bonds. The first kappa shape index (κ1) is 68.8. The Morgan fingerprint density at radius 3 is 0.890 bits per heavy atom. The standard InChI is InChI=1S/C67H110O6/c1-4-7-10-13-16-19-22-24-26-28-30-32-33-35-36-38-40-42-45-48-51-54-57-60-66(69)72-63-64(62-71-65(68)59-56-53-50-47-44-21-18-15-12-9-6-3)73-67(70)61-58-55-52-49-46-43-41-39-37-34-31-29-27-25-23-20-17-14-11-8-5-2/h7,10,15-16,18-19,23-26,29-32,35-37,39-40,42,64H,4-6,8-9,11-14,17,20-22,27-28,33-34,38,41,43-63H2,1-3H3/b10-7-,18-15-,19-16-,25-23-,26-24-,31-29-,32-30-,36-35-,39-37-,42-40-. The molecule has 6 nitrogen and oxygen atoms in total. The second-order valence-electron chi connectivity index (χ2n) is 19.5. The second-order valence-corrected chi connectivity index (χ2v) is 19.5. The number of carbonyl (C=O) groups is 3. The van der Waals surface area contributed by atoms with Gasteiger partial charge in [-0.2, -0.15) is 0 Å². The first-order chi connectivity index (χ1) is 36.0. The highest BCUT2D eigenvalue weighted by atomic mass is 16.6. The summed E-state index contributed by atoms with van der Waals surface area (Å²) in [6.45, 7) is 6.44. The van der Waals surface area contributed by atoms with Crippen LogP contribution in [0.4, 0.5) is 0 Å². The van der Waals surface area contributed by atoms with E-state index in [9.17, 15) is 14.4 Å². The lowest BCUT2D eigenvalue weighted by Crippen LogP contribution is -2.30. The first-order valence-electron chi connectivity index (χ1n) is 30.0. The molecule has 414 valence electrons. The molecule has 1 unspecified atom stereocenters. The van der Waals surface area contributed by atoms with Crippen molar-refractivity contribution in [3.05, 3.63) is 122 Å². The van der Waals surface area contributed by atoms with Crippen molar-refractivity contribution in [1.82, 2.24) is 0 Å². The van der Waals surface area contributed by atoms with Crippen LogP contribution in [0, 0.1) is 0 Å². The molecule has 1 atom stereocenters. The molecule has 0 aliphatic carbocycles. The quantitative estimate of drug-likeness (QED) is 0.0261. The van der Waals surface area contributed by atoms with E-state index in [1.807, 2.05) is 0 Å². The zero-order valence-corrected chi connectivity index (χ0v) is 47.4. The average Bonchev–Trinajstić information content (AvgIpc) is 3.39. The number of hydrogen-bond donors (Lipinski definition) is 0. The van der Waals surface area contributed by atoms with E-state index in [1.165, 1.54) is 77.0 Å². The van der Waals surface area contributed by atoms with Crippen LogP contribution in [0.2, 0.25) is 0 Å². The van der Waals surface area contributed by atoms with Crippen molar-refractivity contribution in [1.29, 1.82) is 0 Å². The molecule has 0 aromatic carbocycles. The minimum atomic E-state index is -0.803. The van der Waals surface area contributed by atoms with Crippen LogP contribution in [0.5, 0.6) is 0 Å². The smallest absolute Gasteiger partial charge is 0.306 e. The van der Waals surface area contributed by atoms with Gasteiger partial charge in [0.05, 0.1) is 0 Å². The molecule has 0 bridgehead atoms. The summed E-state index contributed by atoms with van der Waals surface area (Å²) >= 11 is 0. The molecule has 0 heterocycles. The van der Waals surface area contributed by atoms with Gasteiger partial charge in [-0.05, 0) is 128 Å². The van der Waals surface area contributed by atoms with E-state index in [0.717, 1.165) is 148 Å². The maximum Gasteiger partial charge on any atom is 0.306 e. The van der Waals surface area contributed by atoms with Gasteiger partial charge in [0, 0.05) is 19.3 Å². The van der Waals surface area contributed by atoms with Gasteiger partial charge in [0.15, 0.2) is 6.10 Å². The normalized spacial score (nSPS) is 13.0. The molecule has 0 fully saturated rings. The molecule has 0 rings (SSSR count). The van der Waals surface area contributed by atoms with Crippen molar-refractivity contribution >= 4 is 17.9 Å². The Bertz CT molecular complexity index is 1540. The molecular formula is C67H110O6. The molecular weight excluding hydrogens is 901 g/mol. The monoisotopic (exact) mass is 1010 g/mol. The number of rotatable bonds is 53. The third-order valence-electron chi connectivity index (χ3n) is 12.4. The van der Waals surface area contributed by atoms with Gasteiger partial charge in [-0.15, -0.1) is 0 Å². The van der Waals surface area contributed by atoms with E-state index in [4.69, 9.17) is 14.2 Å². The second kappa shape index (κ2) is 60.4. The topological polar surface area (TPSA) is 78.9 Å². The molecule has 73 heavy (non-hydrogen) atoms. The summed E-state index contributed by atoms with van der Waals surface area (Å²) < 4.78 is 16.8. The molecule has 0 saturated heterocycles. The third kappa shape index (κ3) is 58.6. The third-order valence-corrected chi connectivity index (χ3v) is 12.4. The number of carbonyl (C=O) groups excluding carboxylic acids is 3. The van der Waals surface area contributed by atoms with E-state index in [2.05, 4.69) is 142 Å². The fourth-order valence-corrected chi connectivity index (χ4v) is 7.90. The van der Waals surface area contributed by atoms with Gasteiger partial charge in [-0.1, -0.05) is 239 Å². The fourth-order valence-electron chi connectivity index (χ4n) is 7.90. The highest BCUT2D eigenvalue weighted by Gasteiger charge is 2.19. The van der Waals surface area contributed by atoms with Crippen molar-refractivity contribution < 1.29 is 28.6 Å². The molecule has 0 radical (unpaired) electrons. The van der Waals surface area contributed by atoms with Crippen LogP contribution in [-0.2, 0) is 28.6 Å². The predicted molar refractivity (Wildman–Crippen MR) is 316 cm³/mol. The molecule has 0 aromatic heterocycles. The number of esters is 3. The highest BCUT2D eigenvalue weighted by molar-refractivity contribution is 5.71. The van der Waals surface area contributed by atoms with Gasteiger partial charge in [0.25, 0.3) is 0 Å². The van der Waals surface area contributed by atoms with Gasteiger partial charge in [-0.3, -0.25) is 14.4 Å². The lowest BCUT2D eigenvalue weighted by Gasteiger charge is -2.18. The van der Waals surface area contributed by atoms with Crippen molar-refractivity contribution in [2.24, 2.45) is 0 Å². The molecule has 0 N–H and O–H groups in total. The average molecular weight is 1010 g/mol. The molecule has 0 aliphatic heterocycles. The van der Waals surface area contributed by atoms with Crippen molar-refractivity contribution in [2.75, 3.05) is 13.2 Å². The van der Waals surface area contributed by atoms with E-state index < -0.39 is 6.10 Å². The van der Waals surface area contributed by atoms with E-state index in [-0.39, 0.29) is 31.1 Å². The van der Waals surface area contributed by atoms with Crippen LogP contribution in [-0.4, -0.2) is 37.2 Å². The Morgan fingerprint density at radius 2 is 0.548 bits per heavy atom. The summed E-state index contributed by atoms with van der Waals surface area (Å²) in [5, 5.41) is 0. The van der Waals surface area contributed by atoms with E-state index >= 15 is 0 Å². The number of allylic oxidation sites excluding steroid dienone is 20. The lowest BCUT2D eigenvalue weighted by molar-refractivity contribution is -0.167.